The van der Waals surface area contributed by atoms with Crippen molar-refractivity contribution in [1.82, 2.24) is 14.8 Å². The van der Waals surface area contributed by atoms with Gasteiger partial charge in [-0.05, 0) is 49.9 Å². The molecule has 2 aromatic heterocycles. The Morgan fingerprint density at radius 1 is 1.17 bits per heavy atom. The number of hydrogen-bond acceptors (Lipinski definition) is 6. The third-order valence-electron chi connectivity index (χ3n) is 5.92. The smallest absolute Gasteiger partial charge is 0.366 e. The highest BCUT2D eigenvalue weighted by molar-refractivity contribution is 6.04. The Morgan fingerprint density at radius 3 is 2.49 bits per heavy atom. The second kappa shape index (κ2) is 9.35. The number of benzene rings is 1. The van der Waals surface area contributed by atoms with Gasteiger partial charge < -0.3 is 10.2 Å². The van der Waals surface area contributed by atoms with E-state index in [2.05, 4.69) is 22.3 Å². The molecule has 1 fully saturated rings. The number of nitro benzene ring substituents is 1. The van der Waals surface area contributed by atoms with Crippen LogP contribution in [0.15, 0.2) is 42.6 Å². The largest absolute Gasteiger partial charge is 0.417 e. The first-order valence-corrected chi connectivity index (χ1v) is 11.0. The molecule has 0 saturated carbocycles. The molecule has 1 N–H and O–H groups in total. The van der Waals surface area contributed by atoms with Crippen LogP contribution in [0.25, 0.3) is 5.82 Å². The van der Waals surface area contributed by atoms with Gasteiger partial charge in [0, 0.05) is 37.0 Å². The Balaban J connectivity index is 1.59. The number of aryl methyl sites for hydroxylation is 1. The molecule has 0 bridgehead atoms. The van der Waals surface area contributed by atoms with E-state index in [-0.39, 0.29) is 22.9 Å². The number of rotatable bonds is 5. The molecule has 184 valence electrons. The van der Waals surface area contributed by atoms with Gasteiger partial charge in [-0.1, -0.05) is 6.92 Å². The van der Waals surface area contributed by atoms with Crippen LogP contribution in [0.1, 0.15) is 41.4 Å². The lowest BCUT2D eigenvalue weighted by Crippen LogP contribution is -2.33. The van der Waals surface area contributed by atoms with Crippen molar-refractivity contribution >= 4 is 23.1 Å². The third-order valence-corrected chi connectivity index (χ3v) is 5.92. The van der Waals surface area contributed by atoms with Crippen molar-refractivity contribution in [3.05, 3.63) is 69.5 Å². The predicted molar refractivity (Wildman–Crippen MR) is 123 cm³/mol. The van der Waals surface area contributed by atoms with E-state index in [1.165, 1.54) is 22.9 Å². The average molecular weight is 488 g/mol. The van der Waals surface area contributed by atoms with E-state index in [0.717, 1.165) is 25.0 Å². The summed E-state index contributed by atoms with van der Waals surface area (Å²) in [5, 5.41) is 18.6. The van der Waals surface area contributed by atoms with Crippen LogP contribution in [-0.4, -0.2) is 38.7 Å². The summed E-state index contributed by atoms with van der Waals surface area (Å²) in [6.07, 6.45) is -1.99. The fraction of sp³-hybridized carbons (Fsp3) is 0.348. The number of anilines is 2. The molecule has 1 aromatic carbocycles. The molecule has 0 atom stereocenters. The van der Waals surface area contributed by atoms with E-state index in [0.29, 0.717) is 36.6 Å². The summed E-state index contributed by atoms with van der Waals surface area (Å²) in [6.45, 7) is 5.19. The van der Waals surface area contributed by atoms with Gasteiger partial charge in [-0.25, -0.2) is 4.98 Å². The quantitative estimate of drug-likeness (QED) is 0.401. The van der Waals surface area contributed by atoms with Gasteiger partial charge in [-0.2, -0.15) is 23.0 Å². The maximum Gasteiger partial charge on any atom is 0.417 e. The van der Waals surface area contributed by atoms with Crippen LogP contribution in [0.2, 0.25) is 0 Å². The summed E-state index contributed by atoms with van der Waals surface area (Å²) in [5.41, 5.74) is -0.0554. The molecule has 0 spiro atoms. The number of carbonyl (C=O) groups excluding carboxylic acids is 1. The van der Waals surface area contributed by atoms with Crippen molar-refractivity contribution in [2.24, 2.45) is 5.92 Å². The topological polar surface area (TPSA) is 106 Å². The van der Waals surface area contributed by atoms with Crippen LogP contribution in [0, 0.1) is 23.0 Å². The van der Waals surface area contributed by atoms with Gasteiger partial charge in [0.1, 0.15) is 11.5 Å². The molecule has 35 heavy (non-hydrogen) atoms. The molecule has 0 aliphatic carbocycles. The number of aromatic nitrogens is 3. The van der Waals surface area contributed by atoms with Gasteiger partial charge in [-0.3, -0.25) is 14.9 Å². The minimum absolute atomic E-state index is 0.0663. The maximum absolute atomic E-state index is 12.9. The zero-order valence-electron chi connectivity index (χ0n) is 19.0. The maximum atomic E-state index is 12.9. The molecule has 1 amide bonds. The van der Waals surface area contributed by atoms with E-state index in [9.17, 15) is 28.1 Å². The fourth-order valence-electron chi connectivity index (χ4n) is 3.96. The number of amides is 1. The summed E-state index contributed by atoms with van der Waals surface area (Å²) in [5.74, 6) is 0.168. The normalized spacial score (nSPS) is 14.7. The minimum atomic E-state index is -4.53. The zero-order valence-corrected chi connectivity index (χ0v) is 19.0. The van der Waals surface area contributed by atoms with E-state index in [1.54, 1.807) is 13.0 Å². The molecule has 1 saturated heterocycles. The Kier molecular flexibility index (Phi) is 6.46. The Morgan fingerprint density at radius 2 is 1.89 bits per heavy atom. The number of hydrogen-bond donors (Lipinski definition) is 1. The monoisotopic (exact) mass is 488 g/mol. The lowest BCUT2D eigenvalue weighted by Gasteiger charge is -2.31. The number of carbonyl (C=O) groups is 1. The van der Waals surface area contributed by atoms with Crippen molar-refractivity contribution in [3.8, 4) is 5.82 Å². The molecule has 9 nitrogen and oxygen atoms in total. The van der Waals surface area contributed by atoms with Crippen molar-refractivity contribution in [1.29, 1.82) is 0 Å². The highest BCUT2D eigenvalue weighted by Crippen LogP contribution is 2.33. The van der Waals surface area contributed by atoms with Crippen molar-refractivity contribution in [3.63, 3.8) is 0 Å². The number of pyridine rings is 1. The van der Waals surface area contributed by atoms with Crippen molar-refractivity contribution in [2.75, 3.05) is 23.3 Å². The number of nitrogens with zero attached hydrogens (tertiary/aromatic N) is 5. The van der Waals surface area contributed by atoms with Gasteiger partial charge in [0.2, 0.25) is 0 Å². The first-order valence-electron chi connectivity index (χ1n) is 11.0. The van der Waals surface area contributed by atoms with Crippen LogP contribution in [0.4, 0.5) is 30.4 Å². The van der Waals surface area contributed by atoms with Crippen LogP contribution in [-0.2, 0) is 6.18 Å². The Hall–Kier alpha value is -3.96. The molecule has 0 unspecified atom stereocenters. The first kappa shape index (κ1) is 24.2. The van der Waals surface area contributed by atoms with E-state index in [1.807, 2.05) is 4.90 Å². The highest BCUT2D eigenvalue weighted by atomic mass is 19.4. The Bertz CT molecular complexity index is 1250. The van der Waals surface area contributed by atoms with Crippen LogP contribution < -0.4 is 10.2 Å². The molecular formula is C23H23F3N6O3. The molecule has 0 radical (unpaired) electrons. The van der Waals surface area contributed by atoms with Gasteiger partial charge >= 0.3 is 6.18 Å². The first-order chi connectivity index (χ1) is 16.5. The Labute approximate surface area is 198 Å². The number of nitro groups is 1. The van der Waals surface area contributed by atoms with Gasteiger partial charge in [0.15, 0.2) is 5.82 Å². The van der Waals surface area contributed by atoms with Gasteiger partial charge in [0.05, 0.1) is 16.2 Å². The molecule has 12 heteroatoms. The standard InChI is InChI=1S/C23H23F3N6O3/c1-14-7-9-30(10-8-14)18-5-3-16(12-19(18)32(34)35)22(33)28-21-11-15(2)29-31(21)20-6-4-17(13-27-20)23(24,25)26/h3-6,11-14H,7-10H2,1-2H3,(H,28,33). The molecule has 3 aromatic rings. The molecule has 4 rings (SSSR count). The molecular weight excluding hydrogens is 465 g/mol. The summed E-state index contributed by atoms with van der Waals surface area (Å²) in [6, 6.07) is 7.85. The van der Waals surface area contributed by atoms with Crippen molar-refractivity contribution < 1.29 is 22.9 Å². The average Bonchev–Trinajstić information content (AvgIpc) is 3.18. The molecule has 1 aliphatic rings. The lowest BCUT2D eigenvalue weighted by atomic mass is 9.98. The van der Waals surface area contributed by atoms with E-state index >= 15 is 0 Å². The predicted octanol–water partition coefficient (Wildman–Crippen LogP) is 4.99. The second-order valence-electron chi connectivity index (χ2n) is 8.57. The molecule has 1 aliphatic heterocycles. The second-order valence-corrected chi connectivity index (χ2v) is 8.57. The van der Waals surface area contributed by atoms with Gasteiger partial charge in [-0.15, -0.1) is 0 Å². The van der Waals surface area contributed by atoms with Crippen molar-refractivity contribution in [2.45, 2.75) is 32.9 Å². The summed E-state index contributed by atoms with van der Waals surface area (Å²) in [4.78, 5) is 29.9. The third kappa shape index (κ3) is 5.26. The van der Waals surface area contributed by atoms with Crippen LogP contribution in [0.5, 0.6) is 0 Å². The molecule has 3 heterocycles. The number of piperidine rings is 1. The minimum Gasteiger partial charge on any atom is -0.366 e. The summed E-state index contributed by atoms with van der Waals surface area (Å²) in [7, 11) is 0. The number of halogens is 3. The fourth-order valence-corrected chi connectivity index (χ4v) is 3.96. The summed E-state index contributed by atoms with van der Waals surface area (Å²) >= 11 is 0. The van der Waals surface area contributed by atoms with E-state index in [4.69, 9.17) is 0 Å². The highest BCUT2D eigenvalue weighted by Gasteiger charge is 2.31. The lowest BCUT2D eigenvalue weighted by molar-refractivity contribution is -0.384. The number of alkyl halides is 3. The SMILES string of the molecule is Cc1cc(NC(=O)c2ccc(N3CCC(C)CC3)c([N+](=O)[O-])c2)n(-c2ccc(C(F)(F)F)cn2)n1. The summed E-state index contributed by atoms with van der Waals surface area (Å²) < 4.78 is 39.7. The van der Waals surface area contributed by atoms with E-state index < -0.39 is 22.6 Å². The number of nitrogens with one attached hydrogen (secondary N) is 1. The van der Waals surface area contributed by atoms with Gasteiger partial charge in [0.25, 0.3) is 11.6 Å². The van der Waals surface area contributed by atoms with Crippen LogP contribution in [0.3, 0.4) is 0 Å². The zero-order chi connectivity index (χ0) is 25.3. The van der Waals surface area contributed by atoms with Crippen LogP contribution >= 0.6 is 0 Å².